The third-order valence-corrected chi connectivity index (χ3v) is 5.13. The average molecular weight is 421 g/mol. The van der Waals surface area contributed by atoms with Crippen LogP contribution >= 0.6 is 0 Å². The highest BCUT2D eigenvalue weighted by molar-refractivity contribution is 5.76. The van der Waals surface area contributed by atoms with Crippen molar-refractivity contribution >= 4 is 11.6 Å². The summed E-state index contributed by atoms with van der Waals surface area (Å²) < 4.78 is 27.0. The van der Waals surface area contributed by atoms with E-state index in [4.69, 9.17) is 9.47 Å². The van der Waals surface area contributed by atoms with Gasteiger partial charge in [0.25, 0.3) is 5.56 Å². The maximum absolute atomic E-state index is 14.9. The highest BCUT2D eigenvalue weighted by Gasteiger charge is 2.35. The van der Waals surface area contributed by atoms with E-state index in [1.165, 1.54) is 25.0 Å². The Bertz CT molecular complexity index is 1350. The van der Waals surface area contributed by atoms with Gasteiger partial charge in [-0.15, -0.1) is 0 Å². The van der Waals surface area contributed by atoms with Crippen molar-refractivity contribution in [2.45, 2.75) is 6.04 Å². The maximum Gasteiger partial charge on any atom is 0.288 e. The van der Waals surface area contributed by atoms with E-state index in [0.29, 0.717) is 33.9 Å². The summed E-state index contributed by atoms with van der Waals surface area (Å²) in [6.07, 6.45) is 0. The monoisotopic (exact) mass is 421 g/mol. The van der Waals surface area contributed by atoms with Gasteiger partial charge in [0.1, 0.15) is 17.5 Å². The third-order valence-electron chi connectivity index (χ3n) is 5.13. The molecule has 10 nitrogen and oxygen atoms in total. The minimum absolute atomic E-state index is 0.190. The van der Waals surface area contributed by atoms with Crippen LogP contribution in [-0.2, 0) is 0 Å². The van der Waals surface area contributed by atoms with E-state index in [2.05, 4.69) is 31.0 Å². The number of tetrazole rings is 1. The smallest absolute Gasteiger partial charge is 0.288 e. The first kappa shape index (κ1) is 18.7. The lowest BCUT2D eigenvalue weighted by Crippen LogP contribution is -2.29. The van der Waals surface area contributed by atoms with E-state index >= 15 is 0 Å². The van der Waals surface area contributed by atoms with Crippen LogP contribution in [0.4, 0.5) is 16.0 Å². The van der Waals surface area contributed by atoms with Gasteiger partial charge in [-0.05, 0) is 34.7 Å². The van der Waals surface area contributed by atoms with Gasteiger partial charge < -0.3 is 14.8 Å². The normalized spacial score (nSPS) is 14.4. The number of anilines is 2. The minimum Gasteiger partial charge on any atom is -0.493 e. The predicted octanol–water partition coefficient (Wildman–Crippen LogP) is 2.27. The van der Waals surface area contributed by atoms with Gasteiger partial charge in [-0.1, -0.05) is 23.3 Å². The number of aromatic nitrogens is 6. The highest BCUT2D eigenvalue weighted by atomic mass is 19.1. The fraction of sp³-hybridized carbons (Fsp3) is 0.150. The number of nitrogens with one attached hydrogen (secondary N) is 2. The Balaban J connectivity index is 1.81. The van der Waals surface area contributed by atoms with Gasteiger partial charge in [0, 0.05) is 16.7 Å². The van der Waals surface area contributed by atoms with Gasteiger partial charge >= 0.3 is 0 Å². The summed E-state index contributed by atoms with van der Waals surface area (Å²) in [6.45, 7) is 0. The van der Waals surface area contributed by atoms with Gasteiger partial charge in [0.15, 0.2) is 11.5 Å². The molecule has 1 aliphatic rings. The Morgan fingerprint density at radius 3 is 2.68 bits per heavy atom. The first-order valence-corrected chi connectivity index (χ1v) is 9.26. The zero-order chi connectivity index (χ0) is 21.5. The summed E-state index contributed by atoms with van der Waals surface area (Å²) in [7, 11) is 3.06. The van der Waals surface area contributed by atoms with E-state index in [1.54, 1.807) is 36.4 Å². The molecule has 31 heavy (non-hydrogen) atoms. The Morgan fingerprint density at radius 1 is 1.10 bits per heavy atom. The molecule has 2 aromatic heterocycles. The van der Waals surface area contributed by atoms with E-state index in [9.17, 15) is 9.18 Å². The molecule has 0 radical (unpaired) electrons. The molecule has 0 saturated heterocycles. The van der Waals surface area contributed by atoms with Gasteiger partial charge in [-0.2, -0.15) is 9.78 Å². The van der Waals surface area contributed by atoms with Crippen LogP contribution < -0.4 is 20.3 Å². The second-order valence-corrected chi connectivity index (χ2v) is 6.76. The van der Waals surface area contributed by atoms with Crippen LogP contribution in [0.15, 0.2) is 47.3 Å². The number of nitrogens with zero attached hydrogens (tertiary/aromatic N) is 5. The number of benzene rings is 2. The number of hydrogen-bond donors (Lipinski definition) is 2. The SMILES string of the molecule is COc1ccc(-c2n[nH]c(=O)c3c2C(c2ccccc2F)n2nnnc2N3)cc1OC. The molecule has 3 heterocycles. The molecule has 5 rings (SSSR count). The molecule has 156 valence electrons. The molecule has 2 N–H and O–H groups in total. The fourth-order valence-electron chi connectivity index (χ4n) is 3.73. The molecule has 1 aliphatic heterocycles. The summed E-state index contributed by atoms with van der Waals surface area (Å²) in [5.41, 5.74) is 1.49. The van der Waals surface area contributed by atoms with Crippen molar-refractivity contribution in [3.05, 3.63) is 69.8 Å². The number of halogens is 1. The van der Waals surface area contributed by atoms with Crippen molar-refractivity contribution in [3.63, 3.8) is 0 Å². The standard InChI is InChI=1S/C20H16FN7O3/c1-30-13-8-7-10(9-14(13)31-2)16-15-17(19(29)24-23-16)22-20-25-26-27-28(20)18(15)11-5-3-4-6-12(11)21/h3-9,18H,1-2H3,(H,24,29)(H,22,25,27). The lowest BCUT2D eigenvalue weighted by atomic mass is 9.92. The Morgan fingerprint density at radius 2 is 1.90 bits per heavy atom. The van der Waals surface area contributed by atoms with Crippen molar-refractivity contribution in [2.75, 3.05) is 19.5 Å². The molecule has 0 spiro atoms. The van der Waals surface area contributed by atoms with E-state index < -0.39 is 17.4 Å². The third kappa shape index (κ3) is 2.89. The topological polar surface area (TPSA) is 120 Å². The molecule has 0 aliphatic carbocycles. The van der Waals surface area contributed by atoms with Crippen LogP contribution in [0.1, 0.15) is 17.2 Å². The van der Waals surface area contributed by atoms with Gasteiger partial charge in [-0.25, -0.2) is 9.49 Å². The lowest BCUT2D eigenvalue weighted by molar-refractivity contribution is 0.355. The summed E-state index contributed by atoms with van der Waals surface area (Å²) >= 11 is 0. The van der Waals surface area contributed by atoms with Gasteiger partial charge in [-0.3, -0.25) is 4.79 Å². The van der Waals surface area contributed by atoms with Crippen LogP contribution in [0.5, 0.6) is 11.5 Å². The molecule has 0 bridgehead atoms. The minimum atomic E-state index is -0.819. The Kier molecular flexibility index (Phi) is 4.35. The Hall–Kier alpha value is -4.28. The zero-order valence-electron chi connectivity index (χ0n) is 16.5. The molecule has 4 aromatic rings. The number of ether oxygens (including phenoxy) is 2. The van der Waals surface area contributed by atoms with Crippen LogP contribution in [0.3, 0.4) is 0 Å². The van der Waals surface area contributed by atoms with Crippen molar-refractivity contribution in [1.82, 2.24) is 30.4 Å². The number of methoxy groups -OCH3 is 2. The second-order valence-electron chi connectivity index (χ2n) is 6.76. The van der Waals surface area contributed by atoms with Crippen molar-refractivity contribution in [2.24, 2.45) is 0 Å². The zero-order valence-corrected chi connectivity index (χ0v) is 16.5. The van der Waals surface area contributed by atoms with Crippen molar-refractivity contribution in [3.8, 4) is 22.8 Å². The number of rotatable bonds is 4. The van der Waals surface area contributed by atoms with Crippen LogP contribution in [0.2, 0.25) is 0 Å². The number of hydrogen-bond acceptors (Lipinski definition) is 8. The van der Waals surface area contributed by atoms with Crippen molar-refractivity contribution in [1.29, 1.82) is 0 Å². The lowest BCUT2D eigenvalue weighted by Gasteiger charge is -2.28. The van der Waals surface area contributed by atoms with E-state index in [1.807, 2.05) is 0 Å². The summed E-state index contributed by atoms with van der Waals surface area (Å²) in [6, 6.07) is 10.7. The first-order valence-electron chi connectivity index (χ1n) is 9.26. The van der Waals surface area contributed by atoms with Crippen LogP contribution in [0.25, 0.3) is 11.3 Å². The van der Waals surface area contributed by atoms with Gasteiger partial charge in [0.2, 0.25) is 5.95 Å². The molecular weight excluding hydrogens is 405 g/mol. The van der Waals surface area contributed by atoms with E-state index in [0.717, 1.165) is 0 Å². The van der Waals surface area contributed by atoms with E-state index in [-0.39, 0.29) is 11.6 Å². The highest BCUT2D eigenvalue weighted by Crippen LogP contribution is 2.42. The summed E-state index contributed by atoms with van der Waals surface area (Å²) in [5.74, 6) is 0.781. The molecule has 2 aromatic carbocycles. The van der Waals surface area contributed by atoms with Crippen LogP contribution in [0, 0.1) is 5.82 Å². The molecular formula is C20H16FN7O3. The fourth-order valence-corrected chi connectivity index (χ4v) is 3.73. The molecule has 1 unspecified atom stereocenters. The first-order chi connectivity index (χ1) is 15.1. The number of aromatic amines is 1. The average Bonchev–Trinajstić information content (AvgIpc) is 3.27. The largest absolute Gasteiger partial charge is 0.493 e. The summed E-state index contributed by atoms with van der Waals surface area (Å²) in [5, 5.41) is 21.3. The number of H-pyrrole nitrogens is 1. The quantitative estimate of drug-likeness (QED) is 0.454. The number of fused-ring (bicyclic) bond motifs is 2. The maximum atomic E-state index is 14.9. The van der Waals surface area contributed by atoms with Crippen molar-refractivity contribution < 1.29 is 13.9 Å². The predicted molar refractivity (Wildman–Crippen MR) is 108 cm³/mol. The second kappa shape index (κ2) is 7.20. The van der Waals surface area contributed by atoms with Gasteiger partial charge in [0.05, 0.1) is 19.9 Å². The molecule has 0 fully saturated rings. The molecule has 0 amide bonds. The summed E-state index contributed by atoms with van der Waals surface area (Å²) in [4.78, 5) is 12.7. The Labute approximate surface area is 174 Å². The van der Waals surface area contributed by atoms with Crippen LogP contribution in [-0.4, -0.2) is 44.6 Å². The molecule has 1 atom stereocenters. The molecule has 0 saturated carbocycles. The molecule has 11 heteroatoms.